The molecule has 1 aromatic heterocycles. The lowest BCUT2D eigenvalue weighted by Gasteiger charge is -2.02. The second kappa shape index (κ2) is 7.10. The van der Waals surface area contributed by atoms with Crippen LogP contribution in [-0.2, 0) is 6.42 Å². The highest BCUT2D eigenvalue weighted by molar-refractivity contribution is 9.09. The van der Waals surface area contributed by atoms with Crippen molar-refractivity contribution in [1.82, 2.24) is 4.98 Å². The standard InChI is InChI=1S/C14H18BrNOS/c1-2-3-4-5-14-16-12-7-6-11(17-9-8-15)10-13(12)18-14/h6-7,10H,2-5,8-9H2,1H3. The molecular formula is C14H18BrNOS. The summed E-state index contributed by atoms with van der Waals surface area (Å²) in [7, 11) is 0. The zero-order valence-corrected chi connectivity index (χ0v) is 13.0. The van der Waals surface area contributed by atoms with Crippen LogP contribution in [0.2, 0.25) is 0 Å². The van der Waals surface area contributed by atoms with Gasteiger partial charge in [-0.25, -0.2) is 4.98 Å². The van der Waals surface area contributed by atoms with Crippen LogP contribution >= 0.6 is 27.3 Å². The van der Waals surface area contributed by atoms with E-state index in [1.54, 1.807) is 11.3 Å². The van der Waals surface area contributed by atoms with Crippen LogP contribution in [0.25, 0.3) is 10.2 Å². The summed E-state index contributed by atoms with van der Waals surface area (Å²) in [6, 6.07) is 6.15. The second-order valence-electron chi connectivity index (χ2n) is 4.23. The highest BCUT2D eigenvalue weighted by Crippen LogP contribution is 2.27. The maximum absolute atomic E-state index is 5.60. The predicted octanol–water partition coefficient (Wildman–Crippen LogP) is 4.80. The number of nitrogens with zero attached hydrogens (tertiary/aromatic N) is 1. The Morgan fingerprint density at radius 2 is 2.22 bits per heavy atom. The van der Waals surface area contributed by atoms with Gasteiger partial charge in [-0.3, -0.25) is 0 Å². The van der Waals surface area contributed by atoms with E-state index in [2.05, 4.69) is 40.0 Å². The molecule has 0 radical (unpaired) electrons. The third-order valence-corrected chi connectivity index (χ3v) is 4.15. The third kappa shape index (κ3) is 3.69. The van der Waals surface area contributed by atoms with Gasteiger partial charge < -0.3 is 4.74 Å². The Balaban J connectivity index is 2.07. The van der Waals surface area contributed by atoms with E-state index < -0.39 is 0 Å². The fourth-order valence-electron chi connectivity index (χ4n) is 1.83. The smallest absolute Gasteiger partial charge is 0.120 e. The summed E-state index contributed by atoms with van der Waals surface area (Å²) in [6.07, 6.45) is 4.89. The molecule has 0 aliphatic heterocycles. The van der Waals surface area contributed by atoms with E-state index in [-0.39, 0.29) is 0 Å². The van der Waals surface area contributed by atoms with Crippen molar-refractivity contribution >= 4 is 37.5 Å². The van der Waals surface area contributed by atoms with Crippen LogP contribution in [0.15, 0.2) is 18.2 Å². The van der Waals surface area contributed by atoms with Crippen LogP contribution in [0.1, 0.15) is 31.2 Å². The van der Waals surface area contributed by atoms with Crippen molar-refractivity contribution < 1.29 is 4.74 Å². The lowest BCUT2D eigenvalue weighted by Crippen LogP contribution is -1.96. The van der Waals surface area contributed by atoms with Gasteiger partial charge in [0.25, 0.3) is 0 Å². The van der Waals surface area contributed by atoms with Crippen LogP contribution in [0.3, 0.4) is 0 Å². The van der Waals surface area contributed by atoms with Gasteiger partial charge >= 0.3 is 0 Å². The Bertz CT molecular complexity index is 497. The third-order valence-electron chi connectivity index (χ3n) is 2.74. The molecule has 4 heteroatoms. The van der Waals surface area contributed by atoms with Crippen molar-refractivity contribution in [3.8, 4) is 5.75 Å². The van der Waals surface area contributed by atoms with E-state index in [1.165, 1.54) is 29.0 Å². The summed E-state index contributed by atoms with van der Waals surface area (Å²) < 4.78 is 6.83. The number of fused-ring (bicyclic) bond motifs is 1. The molecule has 0 saturated carbocycles. The maximum Gasteiger partial charge on any atom is 0.120 e. The number of ether oxygens (including phenoxy) is 1. The molecule has 0 spiro atoms. The molecule has 0 unspecified atom stereocenters. The number of thiazole rings is 1. The van der Waals surface area contributed by atoms with Gasteiger partial charge in [0.1, 0.15) is 5.75 Å². The van der Waals surface area contributed by atoms with E-state index in [1.807, 2.05) is 6.07 Å². The average Bonchev–Trinajstić information content (AvgIpc) is 2.78. The fraction of sp³-hybridized carbons (Fsp3) is 0.500. The van der Waals surface area contributed by atoms with Crippen molar-refractivity contribution in [1.29, 1.82) is 0 Å². The Hall–Kier alpha value is -0.610. The summed E-state index contributed by atoms with van der Waals surface area (Å²) in [5, 5.41) is 2.10. The molecule has 2 nitrogen and oxygen atoms in total. The van der Waals surface area contributed by atoms with Gasteiger partial charge in [-0.2, -0.15) is 0 Å². The minimum absolute atomic E-state index is 0.702. The van der Waals surface area contributed by atoms with Crippen LogP contribution in [0.5, 0.6) is 5.75 Å². The quantitative estimate of drug-likeness (QED) is 0.538. The number of halogens is 1. The van der Waals surface area contributed by atoms with Crippen molar-refractivity contribution in [3.63, 3.8) is 0 Å². The number of hydrogen-bond donors (Lipinski definition) is 0. The summed E-state index contributed by atoms with van der Waals surface area (Å²) in [6.45, 7) is 2.93. The molecule has 2 rings (SSSR count). The monoisotopic (exact) mass is 327 g/mol. The minimum Gasteiger partial charge on any atom is -0.493 e. The zero-order chi connectivity index (χ0) is 12.8. The molecule has 0 aliphatic rings. The lowest BCUT2D eigenvalue weighted by molar-refractivity contribution is 0.345. The summed E-state index contributed by atoms with van der Waals surface area (Å²) in [5.41, 5.74) is 1.10. The first-order valence-electron chi connectivity index (χ1n) is 6.41. The van der Waals surface area contributed by atoms with E-state index >= 15 is 0 Å². The molecule has 0 aliphatic carbocycles. The lowest BCUT2D eigenvalue weighted by atomic mass is 10.2. The van der Waals surface area contributed by atoms with Crippen LogP contribution in [0, 0.1) is 0 Å². The second-order valence-corrected chi connectivity index (χ2v) is 6.14. The summed E-state index contributed by atoms with van der Waals surface area (Å²) >= 11 is 5.15. The number of alkyl halides is 1. The molecule has 0 amide bonds. The number of aryl methyl sites for hydroxylation is 1. The Morgan fingerprint density at radius 3 is 3.00 bits per heavy atom. The zero-order valence-electron chi connectivity index (χ0n) is 10.6. The van der Waals surface area contributed by atoms with Crippen molar-refractivity contribution in [3.05, 3.63) is 23.2 Å². The van der Waals surface area contributed by atoms with Gasteiger partial charge in [0.05, 0.1) is 21.8 Å². The average molecular weight is 328 g/mol. The van der Waals surface area contributed by atoms with Gasteiger partial charge in [-0.05, 0) is 31.0 Å². The van der Waals surface area contributed by atoms with E-state index in [0.717, 1.165) is 23.0 Å². The van der Waals surface area contributed by atoms with E-state index in [0.29, 0.717) is 6.61 Å². The number of unbranched alkanes of at least 4 members (excludes halogenated alkanes) is 2. The molecule has 0 bridgehead atoms. The highest BCUT2D eigenvalue weighted by Gasteiger charge is 2.05. The molecule has 2 aromatic rings. The summed E-state index contributed by atoms with van der Waals surface area (Å²) in [5.74, 6) is 0.936. The minimum atomic E-state index is 0.702. The Labute approximate surface area is 121 Å². The maximum atomic E-state index is 5.60. The normalized spacial score (nSPS) is 11.0. The summed E-state index contributed by atoms with van der Waals surface area (Å²) in [4.78, 5) is 4.66. The molecule has 1 heterocycles. The Morgan fingerprint density at radius 1 is 1.33 bits per heavy atom. The molecular weight excluding hydrogens is 310 g/mol. The van der Waals surface area contributed by atoms with E-state index in [4.69, 9.17) is 4.74 Å². The molecule has 98 valence electrons. The number of rotatable bonds is 7. The fourth-order valence-corrected chi connectivity index (χ4v) is 3.03. The highest BCUT2D eigenvalue weighted by atomic mass is 79.9. The Kier molecular flexibility index (Phi) is 5.45. The molecule has 1 aromatic carbocycles. The van der Waals surface area contributed by atoms with E-state index in [9.17, 15) is 0 Å². The van der Waals surface area contributed by atoms with Gasteiger partial charge in [0.2, 0.25) is 0 Å². The number of hydrogen-bond acceptors (Lipinski definition) is 3. The van der Waals surface area contributed by atoms with Crippen molar-refractivity contribution in [2.75, 3.05) is 11.9 Å². The molecule has 0 saturated heterocycles. The van der Waals surface area contributed by atoms with Gasteiger partial charge in [-0.1, -0.05) is 35.7 Å². The number of benzene rings is 1. The van der Waals surface area contributed by atoms with Gasteiger partial charge in [0, 0.05) is 5.33 Å². The predicted molar refractivity (Wildman–Crippen MR) is 82.1 cm³/mol. The van der Waals surface area contributed by atoms with Gasteiger partial charge in [-0.15, -0.1) is 11.3 Å². The first kappa shape index (κ1) is 13.8. The molecule has 0 N–H and O–H groups in total. The topological polar surface area (TPSA) is 22.1 Å². The number of aromatic nitrogens is 1. The van der Waals surface area contributed by atoms with Gasteiger partial charge in [0.15, 0.2) is 0 Å². The van der Waals surface area contributed by atoms with Crippen molar-refractivity contribution in [2.24, 2.45) is 0 Å². The molecule has 18 heavy (non-hydrogen) atoms. The first-order valence-corrected chi connectivity index (χ1v) is 8.35. The van der Waals surface area contributed by atoms with Crippen LogP contribution in [-0.4, -0.2) is 16.9 Å². The van der Waals surface area contributed by atoms with Crippen LogP contribution in [0.4, 0.5) is 0 Å². The molecule has 0 fully saturated rings. The first-order chi connectivity index (χ1) is 8.83. The largest absolute Gasteiger partial charge is 0.493 e. The SMILES string of the molecule is CCCCCc1nc2ccc(OCCBr)cc2s1. The van der Waals surface area contributed by atoms with Crippen molar-refractivity contribution in [2.45, 2.75) is 32.6 Å². The van der Waals surface area contributed by atoms with Crippen LogP contribution < -0.4 is 4.74 Å². The molecule has 0 atom stereocenters.